The Kier molecular flexibility index (Phi) is 5.55. The van der Waals surface area contributed by atoms with E-state index in [2.05, 4.69) is 14.9 Å². The smallest absolute Gasteiger partial charge is 0.266 e. The van der Waals surface area contributed by atoms with Crippen LogP contribution in [0.4, 0.5) is 5.82 Å². The lowest BCUT2D eigenvalue weighted by atomic mass is 9.89. The van der Waals surface area contributed by atoms with Gasteiger partial charge in [-0.1, -0.05) is 24.3 Å². The molecule has 28 heavy (non-hydrogen) atoms. The van der Waals surface area contributed by atoms with E-state index in [1.54, 1.807) is 42.7 Å². The van der Waals surface area contributed by atoms with E-state index in [1.165, 1.54) is 0 Å². The lowest BCUT2D eigenvalue weighted by Crippen LogP contribution is -2.46. The molecule has 2 aliphatic heterocycles. The summed E-state index contributed by atoms with van der Waals surface area (Å²) in [6.07, 6.45) is 3.24. The van der Waals surface area contributed by atoms with Crippen LogP contribution < -0.4 is 4.90 Å². The number of amides is 2. The summed E-state index contributed by atoms with van der Waals surface area (Å²) in [6, 6.07) is 12.4. The van der Waals surface area contributed by atoms with Crippen LogP contribution in [0.25, 0.3) is 0 Å². The molecular formula is C21H22N4O3. The molecule has 2 amide bonds. The maximum Gasteiger partial charge on any atom is 0.266 e. The van der Waals surface area contributed by atoms with E-state index in [0.29, 0.717) is 23.5 Å². The summed E-state index contributed by atoms with van der Waals surface area (Å²) in [4.78, 5) is 38.2. The summed E-state index contributed by atoms with van der Waals surface area (Å²) < 4.78 is 5.35. The number of ether oxygens (including phenoxy) is 1. The van der Waals surface area contributed by atoms with Crippen LogP contribution in [0.15, 0.2) is 53.7 Å². The first-order valence-corrected chi connectivity index (χ1v) is 9.44. The van der Waals surface area contributed by atoms with Gasteiger partial charge < -0.3 is 4.74 Å². The average molecular weight is 378 g/mol. The molecule has 7 nitrogen and oxygen atoms in total. The number of nitrogens with zero attached hydrogens (tertiary/aromatic N) is 4. The number of hydrogen-bond acceptors (Lipinski definition) is 6. The molecule has 0 unspecified atom stereocenters. The molecule has 7 heteroatoms. The first-order chi connectivity index (χ1) is 13.8. The summed E-state index contributed by atoms with van der Waals surface area (Å²) >= 11 is 0. The minimum atomic E-state index is -0.597. The summed E-state index contributed by atoms with van der Waals surface area (Å²) in [6.45, 7) is 4.73. The molecule has 3 heterocycles. The van der Waals surface area contributed by atoms with Crippen molar-refractivity contribution in [2.75, 3.05) is 44.3 Å². The van der Waals surface area contributed by atoms with Crippen molar-refractivity contribution in [2.45, 2.75) is 5.92 Å². The molecule has 0 N–H and O–H groups in total. The highest BCUT2D eigenvalue weighted by Gasteiger charge is 2.39. The zero-order valence-corrected chi connectivity index (χ0v) is 15.5. The number of fused-ring (bicyclic) bond motifs is 1. The number of morpholine rings is 1. The van der Waals surface area contributed by atoms with Gasteiger partial charge >= 0.3 is 0 Å². The number of imide groups is 1. The fraction of sp³-hybridized carbons (Fsp3) is 0.333. The van der Waals surface area contributed by atoms with E-state index >= 15 is 0 Å². The van der Waals surface area contributed by atoms with Gasteiger partial charge in [0.2, 0.25) is 5.91 Å². The highest BCUT2D eigenvalue weighted by Crippen LogP contribution is 2.30. The van der Waals surface area contributed by atoms with Crippen LogP contribution in [0, 0.1) is 0 Å². The Morgan fingerprint density at radius 2 is 1.89 bits per heavy atom. The molecule has 4 rings (SSSR count). The van der Waals surface area contributed by atoms with E-state index in [9.17, 15) is 9.59 Å². The molecule has 0 bridgehead atoms. The van der Waals surface area contributed by atoms with E-state index in [0.717, 1.165) is 37.7 Å². The van der Waals surface area contributed by atoms with E-state index in [-0.39, 0.29) is 11.8 Å². The molecule has 0 saturated carbocycles. The van der Waals surface area contributed by atoms with Crippen LogP contribution in [0.2, 0.25) is 0 Å². The molecule has 1 atom stereocenters. The van der Waals surface area contributed by atoms with Crippen molar-refractivity contribution < 1.29 is 14.3 Å². The number of pyridine rings is 1. The van der Waals surface area contributed by atoms with Gasteiger partial charge in [-0.05, 0) is 23.8 Å². The Morgan fingerprint density at radius 3 is 2.68 bits per heavy atom. The van der Waals surface area contributed by atoms with Gasteiger partial charge in [0.25, 0.3) is 5.91 Å². The van der Waals surface area contributed by atoms with Gasteiger partial charge in [0.1, 0.15) is 5.82 Å². The lowest BCUT2D eigenvalue weighted by molar-refractivity contribution is -0.118. The zero-order chi connectivity index (χ0) is 19.3. The second kappa shape index (κ2) is 8.41. The van der Waals surface area contributed by atoms with Gasteiger partial charge in [-0.25, -0.2) is 9.88 Å². The molecule has 2 aromatic rings. The molecule has 2 aliphatic rings. The number of hydrogen-bond donors (Lipinski definition) is 0. The standard InChI is InChI=1S/C21H22N4O3/c26-20-17-6-2-1-5-16(17)18(15-22-9-10-24-11-13-28-14-12-24)21(27)25(20)19-7-3-4-8-23-19/h1-8,15,18H,9-14H2/t18-/m1/s1. The van der Waals surface area contributed by atoms with Crippen LogP contribution in [-0.4, -0.2) is 67.3 Å². The maximum absolute atomic E-state index is 13.1. The van der Waals surface area contributed by atoms with Gasteiger partial charge in [-0.2, -0.15) is 0 Å². The molecule has 1 saturated heterocycles. The third kappa shape index (κ3) is 3.72. The van der Waals surface area contributed by atoms with Crippen molar-refractivity contribution in [3.05, 3.63) is 59.8 Å². The van der Waals surface area contributed by atoms with Crippen LogP contribution >= 0.6 is 0 Å². The third-order valence-corrected chi connectivity index (χ3v) is 5.00. The minimum Gasteiger partial charge on any atom is -0.379 e. The second-order valence-corrected chi connectivity index (χ2v) is 6.74. The first kappa shape index (κ1) is 18.5. The minimum absolute atomic E-state index is 0.322. The SMILES string of the molecule is O=C1c2ccccc2[C@@H](C=NCCN2CCOCC2)C(=O)N1c1ccccn1. The van der Waals surface area contributed by atoms with Crippen LogP contribution in [0.5, 0.6) is 0 Å². The second-order valence-electron chi connectivity index (χ2n) is 6.74. The van der Waals surface area contributed by atoms with Gasteiger partial charge in [0.15, 0.2) is 0 Å². The van der Waals surface area contributed by atoms with Gasteiger partial charge in [-0.3, -0.25) is 19.5 Å². The van der Waals surface area contributed by atoms with Crippen LogP contribution in [0.3, 0.4) is 0 Å². The van der Waals surface area contributed by atoms with Crippen molar-refractivity contribution in [3.8, 4) is 0 Å². The van der Waals surface area contributed by atoms with Crippen LogP contribution in [0.1, 0.15) is 21.8 Å². The topological polar surface area (TPSA) is 75.1 Å². The van der Waals surface area contributed by atoms with Crippen LogP contribution in [-0.2, 0) is 9.53 Å². The Morgan fingerprint density at radius 1 is 1.11 bits per heavy atom. The Labute approximate surface area is 163 Å². The molecule has 0 aliphatic carbocycles. The van der Waals surface area contributed by atoms with Crippen molar-refractivity contribution in [1.29, 1.82) is 0 Å². The number of anilines is 1. The number of rotatable bonds is 5. The molecule has 1 aromatic carbocycles. The van der Waals surface area contributed by atoms with Crippen molar-refractivity contribution >= 4 is 23.8 Å². The first-order valence-electron chi connectivity index (χ1n) is 9.44. The average Bonchev–Trinajstić information content (AvgIpc) is 2.75. The molecule has 0 radical (unpaired) electrons. The quantitative estimate of drug-likeness (QED) is 0.585. The fourth-order valence-electron chi connectivity index (χ4n) is 3.51. The molecule has 1 aromatic heterocycles. The Balaban J connectivity index is 1.56. The molecule has 144 valence electrons. The molecular weight excluding hydrogens is 356 g/mol. The largest absolute Gasteiger partial charge is 0.379 e. The highest BCUT2D eigenvalue weighted by atomic mass is 16.5. The predicted molar refractivity (Wildman–Crippen MR) is 106 cm³/mol. The summed E-state index contributed by atoms with van der Waals surface area (Å²) in [5.41, 5.74) is 1.21. The summed E-state index contributed by atoms with van der Waals surface area (Å²) in [5, 5.41) is 0. The van der Waals surface area contributed by atoms with Gasteiger partial charge in [0, 0.05) is 37.6 Å². The van der Waals surface area contributed by atoms with E-state index < -0.39 is 5.92 Å². The van der Waals surface area contributed by atoms with Gasteiger partial charge in [0.05, 0.1) is 25.7 Å². The molecule has 0 spiro atoms. The number of aromatic nitrogens is 1. The Bertz CT molecular complexity index is 878. The third-order valence-electron chi connectivity index (χ3n) is 5.00. The number of carbonyl (C=O) groups excluding carboxylic acids is 2. The monoisotopic (exact) mass is 378 g/mol. The maximum atomic E-state index is 13.1. The van der Waals surface area contributed by atoms with Crippen molar-refractivity contribution in [3.63, 3.8) is 0 Å². The highest BCUT2D eigenvalue weighted by molar-refractivity contribution is 6.28. The zero-order valence-electron chi connectivity index (χ0n) is 15.5. The van der Waals surface area contributed by atoms with E-state index in [1.807, 2.05) is 12.1 Å². The lowest BCUT2D eigenvalue weighted by Gasteiger charge is -2.30. The molecule has 1 fully saturated rings. The number of carbonyl (C=O) groups is 2. The van der Waals surface area contributed by atoms with E-state index in [4.69, 9.17) is 4.74 Å². The van der Waals surface area contributed by atoms with Gasteiger partial charge in [-0.15, -0.1) is 0 Å². The number of aliphatic imine (C=N–C) groups is 1. The summed E-state index contributed by atoms with van der Waals surface area (Å²) in [5.74, 6) is -0.936. The predicted octanol–water partition coefficient (Wildman–Crippen LogP) is 1.76. The summed E-state index contributed by atoms with van der Waals surface area (Å²) in [7, 11) is 0. The number of benzene rings is 1. The van der Waals surface area contributed by atoms with Crippen molar-refractivity contribution in [2.24, 2.45) is 4.99 Å². The fourth-order valence-corrected chi connectivity index (χ4v) is 3.51. The Hall–Kier alpha value is -2.90. The van der Waals surface area contributed by atoms with Crippen molar-refractivity contribution in [1.82, 2.24) is 9.88 Å². The normalized spacial score (nSPS) is 20.6.